The van der Waals surface area contributed by atoms with Gasteiger partial charge in [0.1, 0.15) is 0 Å². The molecule has 3 rings (SSSR count). The largest absolute Gasteiger partial charge is 0.337 e. The summed E-state index contributed by atoms with van der Waals surface area (Å²) in [6.45, 7) is 0.123. The molecular weight excluding hydrogens is 316 g/mol. The van der Waals surface area contributed by atoms with Crippen molar-refractivity contribution in [1.29, 1.82) is 0 Å². The molecule has 23 heavy (non-hydrogen) atoms. The maximum atomic E-state index is 11.9. The Morgan fingerprint density at radius 3 is 2.78 bits per heavy atom. The van der Waals surface area contributed by atoms with Crippen LogP contribution >= 0.6 is 0 Å². The normalized spacial score (nSPS) is 22.4. The van der Waals surface area contributed by atoms with Crippen LogP contribution < -0.4 is 10.6 Å². The Morgan fingerprint density at radius 2 is 2.04 bits per heavy atom. The molecule has 0 aromatic heterocycles. The number of hydrogen-bond donors (Lipinski definition) is 2. The predicted octanol–water partition coefficient (Wildman–Crippen LogP) is 1.90. The number of nitrogens with one attached hydrogen (secondary N) is 2. The molecule has 2 N–H and O–H groups in total. The molecule has 2 amide bonds. The van der Waals surface area contributed by atoms with Gasteiger partial charge in [-0.15, -0.1) is 0 Å². The highest BCUT2D eigenvalue weighted by Crippen LogP contribution is 2.24. The van der Waals surface area contributed by atoms with Gasteiger partial charge in [-0.05, 0) is 43.4 Å². The highest BCUT2D eigenvalue weighted by Gasteiger charge is 2.31. The Hall–Kier alpha value is -1.89. The molecule has 6 nitrogen and oxygen atoms in total. The van der Waals surface area contributed by atoms with E-state index in [1.165, 1.54) is 0 Å². The molecule has 1 fully saturated rings. The van der Waals surface area contributed by atoms with Gasteiger partial charge in [0.2, 0.25) is 0 Å². The van der Waals surface area contributed by atoms with Gasteiger partial charge in [-0.2, -0.15) is 0 Å². The number of anilines is 1. The van der Waals surface area contributed by atoms with Gasteiger partial charge in [0.15, 0.2) is 15.6 Å². The summed E-state index contributed by atoms with van der Waals surface area (Å²) in [4.78, 5) is 23.8. The third kappa shape index (κ3) is 3.55. The van der Waals surface area contributed by atoms with Gasteiger partial charge in [-0.3, -0.25) is 4.79 Å². The molecule has 1 atom stereocenters. The number of amides is 2. The Kier molecular flexibility index (Phi) is 4.39. The van der Waals surface area contributed by atoms with Crippen LogP contribution in [0, 0.1) is 0 Å². The molecular formula is C16H20N2O4S. The van der Waals surface area contributed by atoms with Crippen LogP contribution in [-0.2, 0) is 16.3 Å². The second-order valence-electron chi connectivity index (χ2n) is 6.11. The van der Waals surface area contributed by atoms with Gasteiger partial charge in [0.25, 0.3) is 0 Å². The van der Waals surface area contributed by atoms with Crippen LogP contribution in [0.4, 0.5) is 10.5 Å². The number of benzene rings is 1. The zero-order chi connectivity index (χ0) is 16.4. The Balaban J connectivity index is 1.60. The summed E-state index contributed by atoms with van der Waals surface area (Å²) in [7, 11) is -3.06. The van der Waals surface area contributed by atoms with Crippen molar-refractivity contribution in [2.75, 3.05) is 17.6 Å². The maximum absolute atomic E-state index is 11.9. The van der Waals surface area contributed by atoms with Crippen LogP contribution in [0.2, 0.25) is 0 Å². The number of aryl methyl sites for hydroxylation is 1. The summed E-state index contributed by atoms with van der Waals surface area (Å²) in [5.74, 6) is 0.306. The van der Waals surface area contributed by atoms with Gasteiger partial charge in [0, 0.05) is 24.2 Å². The Morgan fingerprint density at radius 1 is 1.22 bits per heavy atom. The van der Waals surface area contributed by atoms with Crippen molar-refractivity contribution < 1.29 is 18.0 Å². The number of ketones is 1. The number of hydrogen-bond acceptors (Lipinski definition) is 4. The average Bonchev–Trinajstić information content (AvgIpc) is 2.85. The summed E-state index contributed by atoms with van der Waals surface area (Å²) < 4.78 is 23.4. The fraction of sp³-hybridized carbons (Fsp3) is 0.500. The molecule has 1 unspecified atom stereocenters. The molecule has 7 heteroatoms. The van der Waals surface area contributed by atoms with E-state index >= 15 is 0 Å². The van der Waals surface area contributed by atoms with Crippen LogP contribution in [0.1, 0.15) is 41.6 Å². The van der Waals surface area contributed by atoms with E-state index in [9.17, 15) is 18.0 Å². The number of carbonyl (C=O) groups is 2. The van der Waals surface area contributed by atoms with E-state index in [-0.39, 0.29) is 18.1 Å². The molecule has 1 aliphatic heterocycles. The second-order valence-corrected chi connectivity index (χ2v) is 8.52. The molecule has 0 saturated carbocycles. The summed E-state index contributed by atoms with van der Waals surface area (Å²) in [5.41, 5.74) is 2.24. The molecule has 0 radical (unpaired) electrons. The fourth-order valence-corrected chi connectivity index (χ4v) is 4.94. The first kappa shape index (κ1) is 16.0. The van der Waals surface area contributed by atoms with Crippen molar-refractivity contribution >= 4 is 27.3 Å². The summed E-state index contributed by atoms with van der Waals surface area (Å²) in [6, 6.07) is 4.88. The van der Waals surface area contributed by atoms with E-state index in [1.54, 1.807) is 12.1 Å². The highest BCUT2D eigenvalue weighted by atomic mass is 32.2. The quantitative estimate of drug-likeness (QED) is 0.882. The number of Topliss-reactive ketones (excluding diaryl/α,β-unsaturated/α-hetero) is 1. The fourth-order valence-electron chi connectivity index (χ4n) is 3.18. The molecule has 1 heterocycles. The van der Waals surface area contributed by atoms with Crippen LogP contribution in [0.15, 0.2) is 18.2 Å². The molecule has 1 aromatic carbocycles. The zero-order valence-corrected chi connectivity index (χ0v) is 13.6. The van der Waals surface area contributed by atoms with Crippen LogP contribution in [-0.4, -0.2) is 37.8 Å². The molecule has 0 bridgehead atoms. The third-order valence-corrected chi connectivity index (χ3v) is 6.75. The number of rotatable bonds is 3. The van der Waals surface area contributed by atoms with Crippen molar-refractivity contribution in [2.45, 2.75) is 37.4 Å². The van der Waals surface area contributed by atoms with E-state index in [0.717, 1.165) is 18.4 Å². The van der Waals surface area contributed by atoms with E-state index in [0.29, 0.717) is 30.5 Å². The summed E-state index contributed by atoms with van der Waals surface area (Å²) >= 11 is 0. The van der Waals surface area contributed by atoms with Crippen LogP contribution in [0.5, 0.6) is 0 Å². The van der Waals surface area contributed by atoms with Gasteiger partial charge in [0.05, 0.1) is 11.0 Å². The van der Waals surface area contributed by atoms with Crippen molar-refractivity contribution in [3.8, 4) is 0 Å². The smallest absolute Gasteiger partial charge is 0.319 e. The molecule has 2 aliphatic rings. The van der Waals surface area contributed by atoms with Crippen LogP contribution in [0.25, 0.3) is 0 Å². The van der Waals surface area contributed by atoms with E-state index < -0.39 is 21.1 Å². The summed E-state index contributed by atoms with van der Waals surface area (Å²) in [5, 5.41) is 4.79. The van der Waals surface area contributed by atoms with E-state index in [4.69, 9.17) is 0 Å². The second kappa shape index (κ2) is 6.31. The van der Waals surface area contributed by atoms with Gasteiger partial charge in [-0.1, -0.05) is 6.07 Å². The maximum Gasteiger partial charge on any atom is 0.319 e. The van der Waals surface area contributed by atoms with Crippen molar-refractivity contribution in [2.24, 2.45) is 0 Å². The molecule has 1 aromatic rings. The van der Waals surface area contributed by atoms with Gasteiger partial charge < -0.3 is 10.6 Å². The van der Waals surface area contributed by atoms with E-state index in [1.807, 2.05) is 6.07 Å². The predicted molar refractivity (Wildman–Crippen MR) is 87.5 cm³/mol. The molecule has 124 valence electrons. The lowest BCUT2D eigenvalue weighted by Crippen LogP contribution is -2.37. The zero-order valence-electron chi connectivity index (χ0n) is 12.8. The van der Waals surface area contributed by atoms with Crippen molar-refractivity contribution in [3.05, 3.63) is 29.3 Å². The Bertz CT molecular complexity index is 742. The number of carbonyl (C=O) groups excluding carboxylic acids is 2. The van der Waals surface area contributed by atoms with Crippen molar-refractivity contribution in [3.63, 3.8) is 0 Å². The van der Waals surface area contributed by atoms with Crippen molar-refractivity contribution in [1.82, 2.24) is 5.32 Å². The lowest BCUT2D eigenvalue weighted by Gasteiger charge is -2.16. The Labute approximate surface area is 135 Å². The first-order valence-corrected chi connectivity index (χ1v) is 9.60. The standard InChI is InChI=1S/C16H20N2O4S/c19-15-5-1-3-11-6-7-12(9-14(11)15)18-16(20)17-10-13-4-2-8-23(13,21)22/h6-7,9,13H,1-5,8,10H2,(H2,17,18,20). The highest BCUT2D eigenvalue weighted by molar-refractivity contribution is 7.92. The van der Waals surface area contributed by atoms with Gasteiger partial charge in [-0.25, -0.2) is 13.2 Å². The first-order chi connectivity index (χ1) is 11.0. The molecule has 1 aliphatic carbocycles. The molecule has 0 spiro atoms. The minimum Gasteiger partial charge on any atom is -0.337 e. The SMILES string of the molecule is O=C(NCC1CCCS1(=O)=O)Nc1ccc2c(c1)C(=O)CCC2. The molecule has 1 saturated heterocycles. The monoisotopic (exact) mass is 336 g/mol. The first-order valence-electron chi connectivity index (χ1n) is 7.88. The number of fused-ring (bicyclic) bond motifs is 1. The van der Waals surface area contributed by atoms with Gasteiger partial charge >= 0.3 is 6.03 Å². The van der Waals surface area contributed by atoms with Crippen LogP contribution in [0.3, 0.4) is 0 Å². The average molecular weight is 336 g/mol. The summed E-state index contributed by atoms with van der Waals surface area (Å²) in [6.07, 6.45) is 3.55. The number of urea groups is 1. The lowest BCUT2D eigenvalue weighted by molar-refractivity contribution is 0.0972. The van der Waals surface area contributed by atoms with E-state index in [2.05, 4.69) is 10.6 Å². The lowest BCUT2D eigenvalue weighted by atomic mass is 9.90. The number of sulfone groups is 1. The minimum absolute atomic E-state index is 0.104. The third-order valence-electron chi connectivity index (χ3n) is 4.47. The topological polar surface area (TPSA) is 92.3 Å². The minimum atomic E-state index is -3.06.